The van der Waals surface area contributed by atoms with E-state index in [0.717, 1.165) is 16.9 Å². The summed E-state index contributed by atoms with van der Waals surface area (Å²) in [4.78, 5) is 0. The lowest BCUT2D eigenvalue weighted by molar-refractivity contribution is 0.415. The Labute approximate surface area is 94.6 Å². The Morgan fingerprint density at radius 2 is 1.81 bits per heavy atom. The van der Waals surface area contributed by atoms with Crippen molar-refractivity contribution in [3.63, 3.8) is 0 Å². The molecule has 0 unspecified atom stereocenters. The van der Waals surface area contributed by atoms with Crippen molar-refractivity contribution in [3.8, 4) is 16.9 Å². The average Bonchev–Trinajstić information content (AvgIpc) is 2.32. The molecule has 0 aliphatic heterocycles. The molecule has 0 aliphatic rings. The van der Waals surface area contributed by atoms with Crippen LogP contribution in [0.25, 0.3) is 11.1 Å². The highest BCUT2D eigenvalue weighted by molar-refractivity contribution is 5.79. The quantitative estimate of drug-likeness (QED) is 0.755. The minimum Gasteiger partial charge on any atom is -0.497 e. The van der Waals surface area contributed by atoms with Crippen LogP contribution in [0, 0.1) is 0 Å². The van der Waals surface area contributed by atoms with Gasteiger partial charge < -0.3 is 16.2 Å². The molecule has 3 heteroatoms. The average molecular weight is 214 g/mol. The van der Waals surface area contributed by atoms with Crippen molar-refractivity contribution in [3.05, 3.63) is 42.5 Å². The van der Waals surface area contributed by atoms with Gasteiger partial charge in [0.25, 0.3) is 0 Å². The summed E-state index contributed by atoms with van der Waals surface area (Å²) < 4.78 is 5.17. The Bertz CT molecular complexity index is 509. The highest BCUT2D eigenvalue weighted by Gasteiger charge is 2.04. The van der Waals surface area contributed by atoms with Gasteiger partial charge in [-0.15, -0.1) is 0 Å². The summed E-state index contributed by atoms with van der Waals surface area (Å²) in [6.07, 6.45) is 0. The second-order valence-corrected chi connectivity index (χ2v) is 3.58. The summed E-state index contributed by atoms with van der Waals surface area (Å²) in [5, 5.41) is 0. The van der Waals surface area contributed by atoms with Crippen LogP contribution >= 0.6 is 0 Å². The Morgan fingerprint density at radius 1 is 1.00 bits per heavy atom. The Balaban J connectivity index is 2.53. The summed E-state index contributed by atoms with van der Waals surface area (Å²) in [5.41, 5.74) is 15.0. The van der Waals surface area contributed by atoms with Crippen molar-refractivity contribution in [2.45, 2.75) is 0 Å². The largest absolute Gasteiger partial charge is 0.497 e. The van der Waals surface area contributed by atoms with Gasteiger partial charge in [-0.3, -0.25) is 0 Å². The molecule has 0 saturated carbocycles. The van der Waals surface area contributed by atoms with Crippen molar-refractivity contribution < 1.29 is 4.74 Å². The van der Waals surface area contributed by atoms with Gasteiger partial charge in [0.15, 0.2) is 0 Å². The van der Waals surface area contributed by atoms with Crippen LogP contribution in [0.4, 0.5) is 11.4 Å². The molecular weight excluding hydrogens is 200 g/mol. The zero-order chi connectivity index (χ0) is 11.5. The maximum atomic E-state index is 5.92. The molecule has 0 radical (unpaired) electrons. The first-order chi connectivity index (χ1) is 7.70. The number of benzene rings is 2. The third kappa shape index (κ3) is 1.93. The van der Waals surface area contributed by atoms with Gasteiger partial charge in [-0.1, -0.05) is 12.1 Å². The van der Waals surface area contributed by atoms with E-state index in [-0.39, 0.29) is 0 Å². The molecule has 2 aromatic rings. The lowest BCUT2D eigenvalue weighted by atomic mass is 10.0. The normalized spacial score (nSPS) is 10.1. The van der Waals surface area contributed by atoms with E-state index >= 15 is 0 Å². The molecule has 4 N–H and O–H groups in total. The number of hydrogen-bond donors (Lipinski definition) is 2. The Morgan fingerprint density at radius 3 is 2.56 bits per heavy atom. The van der Waals surface area contributed by atoms with E-state index in [1.54, 1.807) is 13.2 Å². The van der Waals surface area contributed by atoms with Crippen LogP contribution in [-0.2, 0) is 0 Å². The molecule has 0 spiro atoms. The maximum absolute atomic E-state index is 5.92. The molecule has 0 aromatic heterocycles. The Kier molecular flexibility index (Phi) is 2.68. The van der Waals surface area contributed by atoms with Crippen LogP contribution in [0.15, 0.2) is 42.5 Å². The number of methoxy groups -OCH3 is 1. The van der Waals surface area contributed by atoms with E-state index in [2.05, 4.69) is 0 Å². The highest BCUT2D eigenvalue weighted by Crippen LogP contribution is 2.30. The fraction of sp³-hybridized carbons (Fsp3) is 0.0769. The zero-order valence-electron chi connectivity index (χ0n) is 9.10. The predicted octanol–water partition coefficient (Wildman–Crippen LogP) is 2.53. The van der Waals surface area contributed by atoms with E-state index in [9.17, 15) is 0 Å². The first-order valence-electron chi connectivity index (χ1n) is 5.00. The molecule has 16 heavy (non-hydrogen) atoms. The van der Waals surface area contributed by atoms with E-state index in [0.29, 0.717) is 11.4 Å². The van der Waals surface area contributed by atoms with Gasteiger partial charge in [0.05, 0.1) is 7.11 Å². The van der Waals surface area contributed by atoms with Gasteiger partial charge in [-0.25, -0.2) is 0 Å². The molecule has 0 atom stereocenters. The van der Waals surface area contributed by atoms with E-state index in [1.165, 1.54) is 0 Å². The molecule has 2 rings (SSSR count). The summed E-state index contributed by atoms with van der Waals surface area (Å²) in [6.45, 7) is 0. The fourth-order valence-corrected chi connectivity index (χ4v) is 1.61. The minimum atomic E-state index is 0.701. The molecule has 0 aliphatic carbocycles. The molecule has 0 heterocycles. The first-order valence-corrected chi connectivity index (χ1v) is 5.00. The summed E-state index contributed by atoms with van der Waals surface area (Å²) in [6, 6.07) is 13.2. The van der Waals surface area contributed by atoms with Crippen LogP contribution in [0.5, 0.6) is 5.75 Å². The molecule has 3 nitrogen and oxygen atoms in total. The number of nitrogens with two attached hydrogens (primary N) is 2. The molecule has 2 aromatic carbocycles. The fourth-order valence-electron chi connectivity index (χ4n) is 1.61. The topological polar surface area (TPSA) is 61.3 Å². The van der Waals surface area contributed by atoms with Gasteiger partial charge >= 0.3 is 0 Å². The first kappa shape index (κ1) is 10.4. The van der Waals surface area contributed by atoms with E-state index in [1.807, 2.05) is 36.4 Å². The van der Waals surface area contributed by atoms with Crippen molar-refractivity contribution in [2.75, 3.05) is 18.6 Å². The van der Waals surface area contributed by atoms with Crippen molar-refractivity contribution in [2.24, 2.45) is 0 Å². The van der Waals surface area contributed by atoms with Gasteiger partial charge in [-0.2, -0.15) is 0 Å². The van der Waals surface area contributed by atoms with Crippen LogP contribution in [0.2, 0.25) is 0 Å². The molecule has 82 valence electrons. The third-order valence-electron chi connectivity index (χ3n) is 2.46. The van der Waals surface area contributed by atoms with Crippen molar-refractivity contribution >= 4 is 11.4 Å². The second-order valence-electron chi connectivity index (χ2n) is 3.58. The lowest BCUT2D eigenvalue weighted by Crippen LogP contribution is -1.93. The zero-order valence-corrected chi connectivity index (χ0v) is 9.10. The number of anilines is 2. The van der Waals surface area contributed by atoms with Gasteiger partial charge in [0.1, 0.15) is 5.75 Å². The number of hydrogen-bond acceptors (Lipinski definition) is 3. The van der Waals surface area contributed by atoms with Crippen LogP contribution in [0.1, 0.15) is 0 Å². The second kappa shape index (κ2) is 4.14. The maximum Gasteiger partial charge on any atom is 0.119 e. The van der Waals surface area contributed by atoms with E-state index in [4.69, 9.17) is 16.2 Å². The van der Waals surface area contributed by atoms with Gasteiger partial charge in [0, 0.05) is 16.9 Å². The monoisotopic (exact) mass is 214 g/mol. The van der Waals surface area contributed by atoms with Crippen molar-refractivity contribution in [1.29, 1.82) is 0 Å². The SMILES string of the molecule is COc1cccc(-c2cc(N)ccc2N)c1. The standard InChI is InChI=1S/C13H14N2O/c1-16-11-4-2-3-9(7-11)12-8-10(14)5-6-13(12)15/h2-8H,14-15H2,1H3. The van der Waals surface area contributed by atoms with Gasteiger partial charge in [-0.05, 0) is 35.9 Å². The van der Waals surface area contributed by atoms with Crippen LogP contribution in [-0.4, -0.2) is 7.11 Å². The van der Waals surface area contributed by atoms with Crippen LogP contribution in [0.3, 0.4) is 0 Å². The number of nitrogen functional groups attached to an aromatic ring is 2. The summed E-state index contributed by atoms with van der Waals surface area (Å²) in [5.74, 6) is 0.805. The number of ether oxygens (including phenoxy) is 1. The lowest BCUT2D eigenvalue weighted by Gasteiger charge is -2.08. The predicted molar refractivity (Wildman–Crippen MR) is 67.3 cm³/mol. The smallest absolute Gasteiger partial charge is 0.119 e. The third-order valence-corrected chi connectivity index (χ3v) is 2.46. The van der Waals surface area contributed by atoms with E-state index < -0.39 is 0 Å². The molecule has 0 fully saturated rings. The van der Waals surface area contributed by atoms with Crippen molar-refractivity contribution in [1.82, 2.24) is 0 Å². The number of rotatable bonds is 2. The summed E-state index contributed by atoms with van der Waals surface area (Å²) in [7, 11) is 1.64. The molecule has 0 bridgehead atoms. The highest BCUT2D eigenvalue weighted by atomic mass is 16.5. The molecule has 0 saturated heterocycles. The van der Waals surface area contributed by atoms with Gasteiger partial charge in [0.2, 0.25) is 0 Å². The summed E-state index contributed by atoms with van der Waals surface area (Å²) >= 11 is 0. The van der Waals surface area contributed by atoms with Crippen LogP contribution < -0.4 is 16.2 Å². The molecular formula is C13H14N2O. The Hall–Kier alpha value is -2.16. The minimum absolute atomic E-state index is 0.701. The molecule has 0 amide bonds.